The number of hydrogen-bond acceptors (Lipinski definition) is 6. The molecule has 216 valence electrons. The van der Waals surface area contributed by atoms with Gasteiger partial charge in [-0.15, -0.1) is 10.1 Å². The maximum absolute atomic E-state index is 11.0. The first-order valence-corrected chi connectivity index (χ1v) is 14.2. The fourth-order valence-electron chi connectivity index (χ4n) is 4.04. The number of amides is 1. The first-order valence-electron chi connectivity index (χ1n) is 14.2. The Morgan fingerprint density at radius 1 is 1.11 bits per heavy atom. The van der Waals surface area contributed by atoms with E-state index in [-0.39, 0.29) is 19.6 Å². The molecule has 1 amide bonds. The molecule has 0 saturated heterocycles. The lowest BCUT2D eigenvalue weighted by atomic mass is 9.98. The summed E-state index contributed by atoms with van der Waals surface area (Å²) in [4.78, 5) is 34.7. The lowest BCUT2D eigenvalue weighted by molar-refractivity contribution is -0.757. The Labute approximate surface area is 229 Å². The number of nitrogens with one attached hydrogen (secondary N) is 1. The summed E-state index contributed by atoms with van der Waals surface area (Å²) in [7, 11) is 0. The second kappa shape index (κ2) is 25.7. The van der Waals surface area contributed by atoms with Gasteiger partial charge < -0.3 is 14.9 Å². The zero-order valence-electron chi connectivity index (χ0n) is 23.8. The molecule has 1 aromatic carbocycles. The van der Waals surface area contributed by atoms with E-state index in [0.29, 0.717) is 6.41 Å². The van der Waals surface area contributed by atoms with Crippen molar-refractivity contribution >= 4 is 12.4 Å². The van der Waals surface area contributed by atoms with E-state index in [1.54, 1.807) is 0 Å². The molecule has 0 bridgehead atoms. The second-order valence-electron chi connectivity index (χ2n) is 9.53. The first-order chi connectivity index (χ1) is 18.4. The van der Waals surface area contributed by atoms with Crippen molar-refractivity contribution in [3.05, 3.63) is 58.2 Å². The van der Waals surface area contributed by atoms with Crippen molar-refractivity contribution in [3.63, 3.8) is 0 Å². The minimum Gasteiger partial charge on any atom is -0.464 e. The maximum atomic E-state index is 11.0. The highest BCUT2D eigenvalue weighted by molar-refractivity contribution is 5.77. The van der Waals surface area contributed by atoms with Crippen molar-refractivity contribution in [1.82, 2.24) is 5.32 Å². The van der Waals surface area contributed by atoms with Gasteiger partial charge in [-0.1, -0.05) is 107 Å². The van der Waals surface area contributed by atoms with Gasteiger partial charge in [-0.05, 0) is 44.6 Å². The van der Waals surface area contributed by atoms with Gasteiger partial charge in [0.1, 0.15) is 6.04 Å². The number of esters is 1. The number of nitrogens with zero attached hydrogens (tertiary/aromatic N) is 1. The Morgan fingerprint density at radius 2 is 1.82 bits per heavy atom. The van der Waals surface area contributed by atoms with Gasteiger partial charge >= 0.3 is 5.97 Å². The van der Waals surface area contributed by atoms with Crippen LogP contribution in [0.15, 0.2) is 42.5 Å². The van der Waals surface area contributed by atoms with E-state index in [0.717, 1.165) is 5.92 Å². The van der Waals surface area contributed by atoms with Crippen molar-refractivity contribution in [3.8, 4) is 0 Å². The van der Waals surface area contributed by atoms with Gasteiger partial charge in [0, 0.05) is 6.42 Å². The van der Waals surface area contributed by atoms with Crippen LogP contribution in [0, 0.1) is 16.0 Å². The van der Waals surface area contributed by atoms with Crippen LogP contribution in [0.2, 0.25) is 0 Å². The summed E-state index contributed by atoms with van der Waals surface area (Å²) < 4.78 is 4.68. The minimum atomic E-state index is -0.918. The fraction of sp³-hybridized carbons (Fsp3) is 0.667. The zero-order chi connectivity index (χ0) is 28.3. The monoisotopic (exact) mass is 534 g/mol. The smallest absolute Gasteiger partial charge is 0.328 e. The summed E-state index contributed by atoms with van der Waals surface area (Å²) in [5.74, 6) is 0.486. The second-order valence-corrected chi connectivity index (χ2v) is 9.53. The number of hydrogen-bond donors (Lipinski definition) is 1. The Hall–Kier alpha value is -2.90. The molecule has 1 saturated carbocycles. The molecule has 0 aliphatic heterocycles. The molecule has 1 aliphatic carbocycles. The van der Waals surface area contributed by atoms with E-state index in [1.165, 1.54) is 89.5 Å². The molecule has 0 heterocycles. The average molecular weight is 535 g/mol. The molecule has 8 nitrogen and oxygen atoms in total. The van der Waals surface area contributed by atoms with Gasteiger partial charge in [0.05, 0.1) is 13.2 Å². The van der Waals surface area contributed by atoms with Crippen molar-refractivity contribution in [2.75, 3.05) is 13.2 Å². The lowest BCUT2D eigenvalue weighted by Gasteiger charge is -2.09. The highest BCUT2D eigenvalue weighted by Crippen LogP contribution is 2.29. The number of allylic oxidation sites excluding steroid dienone is 2. The Balaban J connectivity index is 0.000000583. The van der Waals surface area contributed by atoms with Crippen LogP contribution in [-0.4, -0.2) is 36.7 Å². The standard InChI is InChI=1S/C16H24.C7H12N2O6.C7H14/c1-3-9-15(10-4-1)11-5-2-6-12-16-13-7-8-14-16;1-6(8-5-10)7(11)14-3-2-4-15-9(12)13;1-3-5-7-6-4-2/h1,3-4,9-10,16H,2,5-8,11-14H2;5-6H,2-4H2,1H3,(H,8,10);3,5H,4,6-7H2,1-2H3/b;;5-3-. The minimum absolute atomic E-state index is 0.0115. The topological polar surface area (TPSA) is 108 Å². The van der Waals surface area contributed by atoms with E-state index < -0.39 is 17.1 Å². The van der Waals surface area contributed by atoms with Crippen LogP contribution in [0.5, 0.6) is 0 Å². The molecule has 1 aliphatic rings. The van der Waals surface area contributed by atoms with Gasteiger partial charge in [-0.2, -0.15) is 0 Å². The molecule has 1 N–H and O–H groups in total. The normalized spacial score (nSPS) is 13.4. The van der Waals surface area contributed by atoms with Crippen LogP contribution in [0.3, 0.4) is 0 Å². The first kappa shape index (κ1) is 35.1. The van der Waals surface area contributed by atoms with Crippen molar-refractivity contribution in [2.45, 2.75) is 110 Å². The Morgan fingerprint density at radius 3 is 2.42 bits per heavy atom. The third-order valence-electron chi connectivity index (χ3n) is 6.26. The third kappa shape index (κ3) is 22.3. The summed E-state index contributed by atoms with van der Waals surface area (Å²) in [6.45, 7) is 5.62. The summed E-state index contributed by atoms with van der Waals surface area (Å²) in [5.41, 5.74) is 1.50. The lowest BCUT2D eigenvalue weighted by Crippen LogP contribution is -2.34. The van der Waals surface area contributed by atoms with Crippen molar-refractivity contribution in [1.29, 1.82) is 0 Å². The van der Waals surface area contributed by atoms with E-state index in [4.69, 9.17) is 0 Å². The summed E-state index contributed by atoms with van der Waals surface area (Å²) in [6.07, 6.45) is 21.9. The Bertz CT molecular complexity index is 736. The molecular weight excluding hydrogens is 484 g/mol. The van der Waals surface area contributed by atoms with Crippen LogP contribution in [0.4, 0.5) is 0 Å². The number of unbranched alkanes of at least 4 members (excludes halogenated alkanes) is 4. The molecular formula is C30H50N2O6. The molecule has 1 aromatic rings. The van der Waals surface area contributed by atoms with Gasteiger partial charge in [0.2, 0.25) is 6.41 Å². The third-order valence-corrected chi connectivity index (χ3v) is 6.26. The van der Waals surface area contributed by atoms with Crippen molar-refractivity contribution < 1.29 is 24.3 Å². The molecule has 0 spiro atoms. The van der Waals surface area contributed by atoms with Gasteiger partial charge in [0.25, 0.3) is 5.09 Å². The maximum Gasteiger partial charge on any atom is 0.328 e. The van der Waals surface area contributed by atoms with E-state index in [9.17, 15) is 19.7 Å². The number of rotatable bonds is 17. The van der Waals surface area contributed by atoms with Crippen LogP contribution in [0.1, 0.15) is 103 Å². The highest BCUT2D eigenvalue weighted by Gasteiger charge is 2.14. The molecule has 38 heavy (non-hydrogen) atoms. The predicted molar refractivity (Wildman–Crippen MR) is 152 cm³/mol. The summed E-state index contributed by atoms with van der Waals surface area (Å²) in [5, 5.41) is 11.0. The molecule has 1 atom stereocenters. The van der Waals surface area contributed by atoms with Gasteiger partial charge in [-0.3, -0.25) is 4.79 Å². The molecule has 2 rings (SSSR count). The summed E-state index contributed by atoms with van der Waals surface area (Å²) >= 11 is 0. The molecule has 1 unspecified atom stereocenters. The number of carbonyl (C=O) groups is 2. The van der Waals surface area contributed by atoms with Crippen molar-refractivity contribution in [2.24, 2.45) is 5.92 Å². The molecule has 8 heteroatoms. The fourth-order valence-corrected chi connectivity index (χ4v) is 4.04. The zero-order valence-corrected chi connectivity index (χ0v) is 23.8. The van der Waals surface area contributed by atoms with Crippen LogP contribution >= 0.6 is 0 Å². The largest absolute Gasteiger partial charge is 0.464 e. The van der Waals surface area contributed by atoms with E-state index in [2.05, 4.69) is 71.2 Å². The van der Waals surface area contributed by atoms with Crippen LogP contribution in [-0.2, 0) is 25.6 Å². The number of aryl methyl sites for hydroxylation is 1. The number of benzene rings is 1. The molecule has 1 fully saturated rings. The quantitative estimate of drug-likeness (QED) is 0.0576. The number of ether oxygens (including phenoxy) is 1. The molecule has 0 aromatic heterocycles. The Kier molecular flexibility index (Phi) is 23.8. The average Bonchev–Trinajstić information content (AvgIpc) is 3.43. The number of carbonyl (C=O) groups excluding carboxylic acids is 2. The van der Waals surface area contributed by atoms with E-state index >= 15 is 0 Å². The van der Waals surface area contributed by atoms with Crippen LogP contribution < -0.4 is 5.32 Å². The highest BCUT2D eigenvalue weighted by atomic mass is 16.9. The van der Waals surface area contributed by atoms with Gasteiger partial charge in [-0.25, -0.2) is 4.79 Å². The summed E-state index contributed by atoms with van der Waals surface area (Å²) in [6, 6.07) is 10.2. The van der Waals surface area contributed by atoms with Gasteiger partial charge in [0.15, 0.2) is 0 Å². The predicted octanol–water partition coefficient (Wildman–Crippen LogP) is 6.99. The SMILES string of the molecule is C/C=C\CCCC.CC(NC=O)C(=O)OCCCO[N+](=O)[O-].c1ccc(CCCCCC2CCCC2)cc1. The molecule has 0 radical (unpaired) electrons. The van der Waals surface area contributed by atoms with Crippen LogP contribution in [0.25, 0.3) is 0 Å². The van der Waals surface area contributed by atoms with E-state index in [1.807, 2.05) is 0 Å².